The van der Waals surface area contributed by atoms with Gasteiger partial charge in [0.15, 0.2) is 11.5 Å². The van der Waals surface area contributed by atoms with Crippen LogP contribution in [0.1, 0.15) is 32.3 Å². The van der Waals surface area contributed by atoms with Crippen molar-refractivity contribution in [3.63, 3.8) is 0 Å². The summed E-state index contributed by atoms with van der Waals surface area (Å²) in [6.07, 6.45) is 2.49. The molecule has 23 heavy (non-hydrogen) atoms. The highest BCUT2D eigenvalue weighted by Crippen LogP contribution is 2.36. The Hall–Kier alpha value is -0.780. The van der Waals surface area contributed by atoms with Crippen LogP contribution >= 0.6 is 15.9 Å². The number of hydrogen-bond donors (Lipinski definition) is 0. The van der Waals surface area contributed by atoms with Crippen LogP contribution in [-0.4, -0.2) is 55.2 Å². The molecule has 0 atom stereocenters. The monoisotopic (exact) mass is 382 g/mol. The third-order valence-electron chi connectivity index (χ3n) is 4.98. The Morgan fingerprint density at radius 2 is 1.78 bits per heavy atom. The van der Waals surface area contributed by atoms with Crippen molar-refractivity contribution in [1.82, 2.24) is 9.80 Å². The molecule has 2 heterocycles. The third-order valence-corrected chi connectivity index (χ3v) is 5.72. The minimum Gasteiger partial charge on any atom is -0.486 e. The predicted molar refractivity (Wildman–Crippen MR) is 96.3 cm³/mol. The lowest BCUT2D eigenvalue weighted by Crippen LogP contribution is -2.45. The Kier molecular flexibility index (Phi) is 5.49. The summed E-state index contributed by atoms with van der Waals surface area (Å²) in [5.74, 6) is 1.72. The van der Waals surface area contributed by atoms with Crippen LogP contribution in [-0.2, 0) is 6.54 Å². The number of nitrogens with zero attached hydrogens (tertiary/aromatic N) is 2. The van der Waals surface area contributed by atoms with Crippen LogP contribution in [0, 0.1) is 0 Å². The number of fused-ring (bicyclic) bond motifs is 1. The van der Waals surface area contributed by atoms with E-state index in [0.29, 0.717) is 25.3 Å². The van der Waals surface area contributed by atoms with Crippen molar-refractivity contribution in [3.8, 4) is 11.5 Å². The molecule has 2 aliphatic heterocycles. The van der Waals surface area contributed by atoms with Gasteiger partial charge in [0.05, 0.1) is 0 Å². The minimum absolute atomic E-state index is 0.632. The fourth-order valence-electron chi connectivity index (χ4n) is 3.47. The average Bonchev–Trinajstić information content (AvgIpc) is 2.55. The molecule has 3 rings (SSSR count). The van der Waals surface area contributed by atoms with Crippen molar-refractivity contribution < 1.29 is 9.47 Å². The van der Waals surface area contributed by atoms with E-state index in [1.807, 2.05) is 6.07 Å². The van der Waals surface area contributed by atoms with Crippen LogP contribution in [0.4, 0.5) is 0 Å². The summed E-state index contributed by atoms with van der Waals surface area (Å²) in [6.45, 7) is 9.19. The number of piperidine rings is 1. The van der Waals surface area contributed by atoms with Gasteiger partial charge in [-0.25, -0.2) is 0 Å². The molecule has 0 unspecified atom stereocenters. The Balaban J connectivity index is 1.63. The molecule has 0 bridgehead atoms. The first-order valence-corrected chi connectivity index (χ1v) is 9.36. The minimum atomic E-state index is 0.632. The van der Waals surface area contributed by atoms with E-state index in [-0.39, 0.29) is 0 Å². The second-order valence-electron chi connectivity index (χ2n) is 6.86. The first-order valence-electron chi connectivity index (χ1n) is 8.57. The van der Waals surface area contributed by atoms with Gasteiger partial charge in [-0.05, 0) is 64.5 Å². The zero-order chi connectivity index (χ0) is 16.4. The molecule has 0 amide bonds. The smallest absolute Gasteiger partial charge is 0.162 e. The number of halogens is 1. The molecule has 0 spiro atoms. The zero-order valence-corrected chi connectivity index (χ0v) is 15.9. The Labute approximate surface area is 147 Å². The Bertz CT molecular complexity index is 542. The molecule has 0 aromatic heterocycles. The lowest BCUT2D eigenvalue weighted by atomic mass is 10.0. The van der Waals surface area contributed by atoms with E-state index < -0.39 is 0 Å². The van der Waals surface area contributed by atoms with Crippen LogP contribution in [0.5, 0.6) is 11.5 Å². The van der Waals surface area contributed by atoms with Gasteiger partial charge in [0.25, 0.3) is 0 Å². The van der Waals surface area contributed by atoms with Gasteiger partial charge in [-0.2, -0.15) is 0 Å². The second kappa shape index (κ2) is 7.41. The average molecular weight is 383 g/mol. The molecule has 4 nitrogen and oxygen atoms in total. The van der Waals surface area contributed by atoms with Crippen LogP contribution < -0.4 is 9.47 Å². The van der Waals surface area contributed by atoms with Gasteiger partial charge in [-0.1, -0.05) is 15.9 Å². The molecule has 1 saturated heterocycles. The molecule has 2 aliphatic rings. The molecule has 0 N–H and O–H groups in total. The summed E-state index contributed by atoms with van der Waals surface area (Å²) in [5.41, 5.74) is 1.27. The number of likely N-dealkylation sites (tertiary alicyclic amines) is 1. The van der Waals surface area contributed by atoms with Crippen molar-refractivity contribution in [2.45, 2.75) is 45.3 Å². The van der Waals surface area contributed by atoms with Gasteiger partial charge < -0.3 is 14.4 Å². The molecule has 5 heteroatoms. The second-order valence-corrected chi connectivity index (χ2v) is 7.72. The lowest BCUT2D eigenvalue weighted by molar-refractivity contribution is 0.104. The summed E-state index contributed by atoms with van der Waals surface area (Å²) in [7, 11) is 2.24. The van der Waals surface area contributed by atoms with E-state index >= 15 is 0 Å². The lowest BCUT2D eigenvalue weighted by Gasteiger charge is -2.38. The third kappa shape index (κ3) is 4.01. The van der Waals surface area contributed by atoms with Crippen LogP contribution in [0.2, 0.25) is 0 Å². The molecule has 0 radical (unpaired) electrons. The predicted octanol–water partition coefficient (Wildman–Crippen LogP) is 3.52. The largest absolute Gasteiger partial charge is 0.486 e. The van der Waals surface area contributed by atoms with Gasteiger partial charge in [0, 0.05) is 23.1 Å². The van der Waals surface area contributed by atoms with E-state index in [4.69, 9.17) is 9.47 Å². The maximum absolute atomic E-state index is 5.72. The molecular weight excluding hydrogens is 356 g/mol. The highest BCUT2D eigenvalue weighted by molar-refractivity contribution is 9.10. The van der Waals surface area contributed by atoms with Crippen molar-refractivity contribution in [3.05, 3.63) is 22.2 Å². The van der Waals surface area contributed by atoms with Crippen molar-refractivity contribution >= 4 is 15.9 Å². The van der Waals surface area contributed by atoms with Crippen LogP contribution in [0.25, 0.3) is 0 Å². The van der Waals surface area contributed by atoms with Gasteiger partial charge in [-0.3, -0.25) is 4.90 Å². The van der Waals surface area contributed by atoms with E-state index in [2.05, 4.69) is 52.7 Å². The highest BCUT2D eigenvalue weighted by Gasteiger charge is 2.24. The summed E-state index contributed by atoms with van der Waals surface area (Å²) < 4.78 is 12.5. The first kappa shape index (κ1) is 17.1. The highest BCUT2D eigenvalue weighted by atomic mass is 79.9. The molecule has 128 valence electrons. The summed E-state index contributed by atoms with van der Waals surface area (Å²) in [5, 5.41) is 0. The maximum Gasteiger partial charge on any atom is 0.162 e. The van der Waals surface area contributed by atoms with E-state index in [1.54, 1.807) is 0 Å². The van der Waals surface area contributed by atoms with Gasteiger partial charge in [-0.15, -0.1) is 0 Å². The van der Waals surface area contributed by atoms with Gasteiger partial charge in [0.2, 0.25) is 0 Å². The first-order chi connectivity index (χ1) is 11.0. The quantitative estimate of drug-likeness (QED) is 0.794. The molecule has 1 aromatic carbocycles. The SMILES string of the molecule is CC(C)N1CCC(N(C)Cc2cc3c(cc2Br)OCCO3)CC1. The van der Waals surface area contributed by atoms with E-state index in [1.165, 1.54) is 31.5 Å². The fourth-order valence-corrected chi connectivity index (χ4v) is 3.92. The van der Waals surface area contributed by atoms with Crippen molar-refractivity contribution in [1.29, 1.82) is 0 Å². The normalized spacial score (nSPS) is 19.6. The van der Waals surface area contributed by atoms with Crippen LogP contribution in [0.15, 0.2) is 16.6 Å². The van der Waals surface area contributed by atoms with Crippen molar-refractivity contribution in [2.75, 3.05) is 33.4 Å². The van der Waals surface area contributed by atoms with E-state index in [9.17, 15) is 0 Å². The van der Waals surface area contributed by atoms with Crippen LogP contribution in [0.3, 0.4) is 0 Å². The van der Waals surface area contributed by atoms with E-state index in [0.717, 1.165) is 22.5 Å². The standard InChI is InChI=1S/C18H27BrN2O2/c1-13(2)21-6-4-15(5-7-21)20(3)12-14-10-17-18(11-16(14)19)23-9-8-22-17/h10-11,13,15H,4-9,12H2,1-3H3. The number of rotatable bonds is 4. The van der Waals surface area contributed by atoms with Gasteiger partial charge in [0.1, 0.15) is 13.2 Å². The summed E-state index contributed by atoms with van der Waals surface area (Å²) in [6, 6.07) is 5.48. The molecule has 1 aromatic rings. The summed E-state index contributed by atoms with van der Waals surface area (Å²) in [4.78, 5) is 5.05. The molecular formula is C18H27BrN2O2. The fraction of sp³-hybridized carbons (Fsp3) is 0.667. The van der Waals surface area contributed by atoms with Crippen molar-refractivity contribution in [2.24, 2.45) is 0 Å². The molecule has 0 saturated carbocycles. The number of hydrogen-bond acceptors (Lipinski definition) is 4. The molecule has 0 aliphatic carbocycles. The van der Waals surface area contributed by atoms with Gasteiger partial charge >= 0.3 is 0 Å². The zero-order valence-electron chi connectivity index (χ0n) is 14.3. The molecule has 1 fully saturated rings. The number of ether oxygens (including phenoxy) is 2. The maximum atomic E-state index is 5.72. The Morgan fingerprint density at radius 3 is 2.39 bits per heavy atom. The summed E-state index contributed by atoms with van der Waals surface area (Å²) >= 11 is 3.69. The Morgan fingerprint density at radius 1 is 1.17 bits per heavy atom. The number of benzene rings is 1. The topological polar surface area (TPSA) is 24.9 Å².